The molecule has 1 aliphatic carbocycles. The van der Waals surface area contributed by atoms with Crippen LogP contribution in [0.1, 0.15) is 44.7 Å². The van der Waals surface area contributed by atoms with Gasteiger partial charge in [-0.05, 0) is 12.8 Å². The van der Waals surface area contributed by atoms with Crippen LogP contribution in [0.3, 0.4) is 0 Å². The second-order valence-corrected chi connectivity index (χ2v) is 5.54. The van der Waals surface area contributed by atoms with Crippen molar-refractivity contribution in [3.05, 3.63) is 52.6 Å². The Morgan fingerprint density at radius 3 is 2.25 bits per heavy atom. The summed E-state index contributed by atoms with van der Waals surface area (Å²) in [5.41, 5.74) is 6.49. The van der Waals surface area contributed by atoms with Gasteiger partial charge in [-0.2, -0.15) is 0 Å². The highest BCUT2D eigenvalue weighted by molar-refractivity contribution is 6.31. The van der Waals surface area contributed by atoms with E-state index in [1.807, 2.05) is 0 Å². The third-order valence-electron chi connectivity index (χ3n) is 3.99. The number of rotatable bonds is 5. The van der Waals surface area contributed by atoms with Crippen molar-refractivity contribution in [1.29, 1.82) is 0 Å². The van der Waals surface area contributed by atoms with Gasteiger partial charge >= 0.3 is 0 Å². The summed E-state index contributed by atoms with van der Waals surface area (Å²) in [5.74, 6) is -1.01. The predicted octanol–water partition coefficient (Wildman–Crippen LogP) is 1.90. The zero-order valence-electron chi connectivity index (χ0n) is 12.9. The maximum absolute atomic E-state index is 12.7. The number of carbonyl (C=O) groups is 2. The maximum Gasteiger partial charge on any atom is 0.198 e. The molecule has 6 nitrogen and oxygen atoms in total. The summed E-state index contributed by atoms with van der Waals surface area (Å²) in [6, 6.07) is 7.69. The standard InChI is InChI=1S/C18H17NO5/c19-16-13(24-8-4-3-7-20)9-12(21)14-15(16)18(23)11-6-2-1-5-10(11)17(14)22/h1-2,5-6,9,20-21H,3-4,7-8,19H2. The van der Waals surface area contributed by atoms with Crippen LogP contribution < -0.4 is 10.5 Å². The van der Waals surface area contributed by atoms with Crippen LogP contribution in [0, 0.1) is 0 Å². The number of aromatic hydroxyl groups is 1. The first-order chi connectivity index (χ1) is 11.6. The van der Waals surface area contributed by atoms with E-state index in [1.54, 1.807) is 24.3 Å². The number of unbranched alkanes of at least 4 members (excludes halogenated alkanes) is 1. The summed E-state index contributed by atoms with van der Waals surface area (Å²) in [7, 11) is 0. The fourth-order valence-electron chi connectivity index (χ4n) is 2.79. The molecule has 0 spiro atoms. The summed E-state index contributed by atoms with van der Waals surface area (Å²) >= 11 is 0. The van der Waals surface area contributed by atoms with Gasteiger partial charge in [-0.15, -0.1) is 0 Å². The van der Waals surface area contributed by atoms with Crippen molar-refractivity contribution in [2.24, 2.45) is 0 Å². The van der Waals surface area contributed by atoms with Gasteiger partial charge in [0.05, 0.1) is 23.4 Å². The molecule has 0 saturated heterocycles. The monoisotopic (exact) mass is 327 g/mol. The normalized spacial score (nSPS) is 12.7. The fourth-order valence-corrected chi connectivity index (χ4v) is 2.79. The first-order valence-electron chi connectivity index (χ1n) is 7.63. The van der Waals surface area contributed by atoms with E-state index < -0.39 is 11.6 Å². The minimum absolute atomic E-state index is 0.0177. The molecule has 2 aromatic rings. The second kappa shape index (κ2) is 6.33. The van der Waals surface area contributed by atoms with Gasteiger partial charge in [-0.3, -0.25) is 9.59 Å². The Hall–Kier alpha value is -2.86. The molecule has 0 saturated carbocycles. The van der Waals surface area contributed by atoms with Crippen molar-refractivity contribution in [3.63, 3.8) is 0 Å². The fraction of sp³-hybridized carbons (Fsp3) is 0.222. The molecule has 6 heteroatoms. The van der Waals surface area contributed by atoms with Gasteiger partial charge in [-0.1, -0.05) is 24.3 Å². The number of hydrogen-bond acceptors (Lipinski definition) is 6. The molecule has 0 aliphatic heterocycles. The Kier molecular flexibility index (Phi) is 4.22. The predicted molar refractivity (Wildman–Crippen MR) is 87.6 cm³/mol. The van der Waals surface area contributed by atoms with Gasteiger partial charge in [0.2, 0.25) is 0 Å². The number of aliphatic hydroxyl groups is 1. The van der Waals surface area contributed by atoms with E-state index >= 15 is 0 Å². The van der Waals surface area contributed by atoms with Crippen LogP contribution in [0.5, 0.6) is 11.5 Å². The smallest absolute Gasteiger partial charge is 0.198 e. The quantitative estimate of drug-likeness (QED) is 0.375. The van der Waals surface area contributed by atoms with Gasteiger partial charge in [0.1, 0.15) is 11.5 Å². The van der Waals surface area contributed by atoms with Crippen LogP contribution in [-0.2, 0) is 0 Å². The lowest BCUT2D eigenvalue weighted by molar-refractivity contribution is 0.0977. The van der Waals surface area contributed by atoms with Gasteiger partial charge in [0.15, 0.2) is 11.6 Å². The summed E-state index contributed by atoms with van der Waals surface area (Å²) < 4.78 is 5.50. The number of ketones is 2. The number of carbonyl (C=O) groups excluding carboxylic acids is 2. The van der Waals surface area contributed by atoms with Crippen LogP contribution in [-0.4, -0.2) is 35.0 Å². The highest BCUT2D eigenvalue weighted by Gasteiger charge is 2.35. The van der Waals surface area contributed by atoms with Crippen molar-refractivity contribution >= 4 is 17.3 Å². The number of anilines is 1. The number of ether oxygens (including phenoxy) is 1. The molecule has 3 rings (SSSR count). The first kappa shape index (κ1) is 16.0. The number of phenolic OH excluding ortho intramolecular Hbond substituents is 1. The zero-order valence-corrected chi connectivity index (χ0v) is 12.9. The molecule has 0 bridgehead atoms. The van der Waals surface area contributed by atoms with Crippen molar-refractivity contribution in [2.45, 2.75) is 12.8 Å². The second-order valence-electron chi connectivity index (χ2n) is 5.54. The van der Waals surface area contributed by atoms with E-state index in [1.165, 1.54) is 6.07 Å². The van der Waals surface area contributed by atoms with E-state index in [4.69, 9.17) is 15.6 Å². The molecule has 0 atom stereocenters. The average molecular weight is 327 g/mol. The molecule has 4 N–H and O–H groups in total. The van der Waals surface area contributed by atoms with Gasteiger partial charge < -0.3 is 20.7 Å². The number of phenols is 1. The average Bonchev–Trinajstić information content (AvgIpc) is 2.59. The summed E-state index contributed by atoms with van der Waals surface area (Å²) in [5, 5.41) is 19.0. The van der Waals surface area contributed by atoms with Crippen LogP contribution in [0.15, 0.2) is 30.3 Å². The Morgan fingerprint density at radius 1 is 1.00 bits per heavy atom. The van der Waals surface area contributed by atoms with Crippen LogP contribution in [0.4, 0.5) is 5.69 Å². The number of benzene rings is 2. The zero-order chi connectivity index (χ0) is 17.3. The van der Waals surface area contributed by atoms with Crippen molar-refractivity contribution in [3.8, 4) is 11.5 Å². The number of aliphatic hydroxyl groups excluding tert-OH is 1. The molecule has 0 aromatic heterocycles. The summed E-state index contributed by atoms with van der Waals surface area (Å²) in [6.45, 7) is 0.333. The highest BCUT2D eigenvalue weighted by atomic mass is 16.5. The molecule has 1 aliphatic rings. The van der Waals surface area contributed by atoms with E-state index in [0.717, 1.165) is 0 Å². The molecule has 124 valence electrons. The molecular formula is C18H17NO5. The van der Waals surface area contributed by atoms with E-state index in [2.05, 4.69) is 0 Å². The molecular weight excluding hydrogens is 310 g/mol. The van der Waals surface area contributed by atoms with Crippen LogP contribution in [0.2, 0.25) is 0 Å². The molecule has 2 aromatic carbocycles. The minimum atomic E-state index is -0.434. The van der Waals surface area contributed by atoms with Crippen molar-refractivity contribution in [2.75, 3.05) is 18.9 Å². The first-order valence-corrected chi connectivity index (χ1v) is 7.63. The summed E-state index contributed by atoms with van der Waals surface area (Å²) in [4.78, 5) is 25.3. The Morgan fingerprint density at radius 2 is 1.62 bits per heavy atom. The van der Waals surface area contributed by atoms with Gasteiger partial charge in [0.25, 0.3) is 0 Å². The number of nitrogen functional groups attached to an aromatic ring is 1. The SMILES string of the molecule is Nc1c(OCCCCO)cc(O)c2c1C(=O)c1ccccc1C2=O. The Balaban J connectivity index is 2.05. The van der Waals surface area contributed by atoms with E-state index in [-0.39, 0.29) is 52.7 Å². The lowest BCUT2D eigenvalue weighted by Gasteiger charge is -2.21. The minimum Gasteiger partial charge on any atom is -0.507 e. The lowest BCUT2D eigenvalue weighted by atomic mass is 9.82. The van der Waals surface area contributed by atoms with Crippen LogP contribution >= 0.6 is 0 Å². The van der Waals surface area contributed by atoms with Gasteiger partial charge in [0, 0.05) is 23.8 Å². The topological polar surface area (TPSA) is 110 Å². The third-order valence-corrected chi connectivity index (χ3v) is 3.99. The Bertz CT molecular complexity index is 828. The number of fused-ring (bicyclic) bond motifs is 2. The Labute approximate surface area is 138 Å². The molecule has 0 heterocycles. The maximum atomic E-state index is 12.7. The van der Waals surface area contributed by atoms with Gasteiger partial charge in [-0.25, -0.2) is 0 Å². The molecule has 24 heavy (non-hydrogen) atoms. The molecule has 0 amide bonds. The summed E-state index contributed by atoms with van der Waals surface area (Å²) in [6.07, 6.45) is 1.17. The molecule has 0 unspecified atom stereocenters. The van der Waals surface area contributed by atoms with E-state index in [0.29, 0.717) is 12.8 Å². The van der Waals surface area contributed by atoms with Crippen molar-refractivity contribution < 1.29 is 24.5 Å². The van der Waals surface area contributed by atoms with Crippen molar-refractivity contribution in [1.82, 2.24) is 0 Å². The molecule has 0 fully saturated rings. The largest absolute Gasteiger partial charge is 0.507 e. The third kappa shape index (κ3) is 2.51. The number of hydrogen-bond donors (Lipinski definition) is 3. The highest BCUT2D eigenvalue weighted by Crippen LogP contribution is 2.41. The lowest BCUT2D eigenvalue weighted by Crippen LogP contribution is -2.23. The molecule has 0 radical (unpaired) electrons. The van der Waals surface area contributed by atoms with Crippen LogP contribution in [0.25, 0.3) is 0 Å². The number of nitrogens with two attached hydrogens (primary N) is 1. The van der Waals surface area contributed by atoms with E-state index in [9.17, 15) is 14.7 Å².